The summed E-state index contributed by atoms with van der Waals surface area (Å²) in [6.45, 7) is 4.74. The molecule has 5 nitrogen and oxygen atoms in total. The lowest BCUT2D eigenvalue weighted by Gasteiger charge is -2.38. The van der Waals surface area contributed by atoms with Gasteiger partial charge in [-0.05, 0) is 24.6 Å². The number of rotatable bonds is 2. The van der Waals surface area contributed by atoms with Crippen LogP contribution in [-0.2, 0) is 0 Å². The highest BCUT2D eigenvalue weighted by Crippen LogP contribution is 2.29. The molecule has 0 aliphatic carbocycles. The Labute approximate surface area is 123 Å². The van der Waals surface area contributed by atoms with Gasteiger partial charge in [0.2, 0.25) is 0 Å². The van der Waals surface area contributed by atoms with Crippen LogP contribution in [0, 0.1) is 0 Å². The molecule has 1 aromatic carbocycles. The molecule has 0 saturated carbocycles. The van der Waals surface area contributed by atoms with Crippen molar-refractivity contribution in [3.63, 3.8) is 0 Å². The van der Waals surface area contributed by atoms with E-state index in [1.54, 1.807) is 6.92 Å². The van der Waals surface area contributed by atoms with E-state index in [0.29, 0.717) is 11.6 Å². The maximum Gasteiger partial charge on any atom is 0.317 e. The van der Waals surface area contributed by atoms with Gasteiger partial charge in [-0.1, -0.05) is 17.7 Å². The molecule has 2 atom stereocenters. The summed E-state index contributed by atoms with van der Waals surface area (Å²) in [4.78, 5) is 15.7. The quantitative estimate of drug-likeness (QED) is 0.871. The van der Waals surface area contributed by atoms with E-state index in [1.165, 1.54) is 0 Å². The van der Waals surface area contributed by atoms with Gasteiger partial charge in [0.25, 0.3) is 0 Å². The number of hydrogen-bond donors (Lipinski definition) is 2. The van der Waals surface area contributed by atoms with Gasteiger partial charge in [0, 0.05) is 36.9 Å². The van der Waals surface area contributed by atoms with Crippen LogP contribution in [0.5, 0.6) is 0 Å². The predicted octanol–water partition coefficient (Wildman–Crippen LogP) is 1.61. The Morgan fingerprint density at radius 3 is 2.95 bits per heavy atom. The summed E-state index contributed by atoms with van der Waals surface area (Å²) in [6, 6.07) is 6.01. The van der Waals surface area contributed by atoms with Gasteiger partial charge in [0.1, 0.15) is 0 Å². The number of carbonyl (C=O) groups is 1. The van der Waals surface area contributed by atoms with Crippen LogP contribution in [-0.4, -0.2) is 48.3 Å². The molecule has 2 fully saturated rings. The maximum absolute atomic E-state index is 11.6. The molecule has 2 heterocycles. The Morgan fingerprint density at radius 2 is 2.25 bits per heavy atom. The third-order valence-electron chi connectivity index (χ3n) is 4.03. The van der Waals surface area contributed by atoms with Crippen molar-refractivity contribution in [2.75, 3.05) is 31.1 Å². The number of nitrogens with zero attached hydrogens (tertiary/aromatic N) is 2. The molecular weight excluding hydrogens is 278 g/mol. The van der Waals surface area contributed by atoms with Gasteiger partial charge in [-0.15, -0.1) is 0 Å². The third-order valence-corrected chi connectivity index (χ3v) is 4.36. The van der Waals surface area contributed by atoms with E-state index in [4.69, 9.17) is 11.6 Å². The molecule has 2 N–H and O–H groups in total. The summed E-state index contributed by atoms with van der Waals surface area (Å²) in [7, 11) is 0. The Kier molecular flexibility index (Phi) is 3.48. The highest BCUT2D eigenvalue weighted by atomic mass is 35.5. The average Bonchev–Trinajstić information content (AvgIpc) is 2.79. The lowest BCUT2D eigenvalue weighted by Crippen LogP contribution is -2.52. The van der Waals surface area contributed by atoms with Crippen LogP contribution in [0.4, 0.5) is 10.5 Å². The molecule has 108 valence electrons. The van der Waals surface area contributed by atoms with Gasteiger partial charge >= 0.3 is 6.03 Å². The van der Waals surface area contributed by atoms with Gasteiger partial charge in [-0.3, -0.25) is 0 Å². The van der Waals surface area contributed by atoms with Crippen LogP contribution in [0.3, 0.4) is 0 Å². The van der Waals surface area contributed by atoms with Crippen molar-refractivity contribution in [1.29, 1.82) is 0 Å². The second-order valence-electron chi connectivity index (χ2n) is 5.36. The molecule has 20 heavy (non-hydrogen) atoms. The molecule has 2 aliphatic heterocycles. The second-order valence-corrected chi connectivity index (χ2v) is 5.77. The summed E-state index contributed by atoms with van der Waals surface area (Å²) in [5.41, 5.74) is 1.78. The zero-order valence-electron chi connectivity index (χ0n) is 11.3. The molecule has 0 bridgehead atoms. The van der Waals surface area contributed by atoms with Crippen molar-refractivity contribution < 1.29 is 9.90 Å². The average molecular weight is 296 g/mol. The van der Waals surface area contributed by atoms with Gasteiger partial charge < -0.3 is 20.2 Å². The number of piperazine rings is 1. The maximum atomic E-state index is 11.6. The number of hydrogen-bond acceptors (Lipinski definition) is 3. The highest BCUT2D eigenvalue weighted by molar-refractivity contribution is 6.31. The first-order valence-electron chi connectivity index (χ1n) is 6.83. The SMILES string of the molecule is CC(O)c1ccc(N2CCN3C(=O)NCC3C2)cc1Cl. The van der Waals surface area contributed by atoms with Gasteiger partial charge in [-0.25, -0.2) is 4.79 Å². The fourth-order valence-electron chi connectivity index (χ4n) is 2.89. The van der Waals surface area contributed by atoms with Crippen molar-refractivity contribution in [2.45, 2.75) is 19.1 Å². The topological polar surface area (TPSA) is 55.8 Å². The Balaban J connectivity index is 1.77. The molecule has 0 spiro atoms. The molecule has 2 saturated heterocycles. The van der Waals surface area contributed by atoms with Crippen LogP contribution < -0.4 is 10.2 Å². The molecule has 2 amide bonds. The number of anilines is 1. The molecule has 3 rings (SSSR count). The Bertz CT molecular complexity index is 535. The summed E-state index contributed by atoms with van der Waals surface area (Å²) in [5, 5.41) is 13.1. The van der Waals surface area contributed by atoms with E-state index in [0.717, 1.165) is 30.9 Å². The van der Waals surface area contributed by atoms with Crippen LogP contribution in [0.2, 0.25) is 5.02 Å². The number of amides is 2. The number of carbonyl (C=O) groups excluding carboxylic acids is 1. The molecule has 0 radical (unpaired) electrons. The number of halogens is 1. The van der Waals surface area contributed by atoms with Gasteiger partial charge in [0.05, 0.1) is 12.1 Å². The molecule has 2 aliphatic rings. The predicted molar refractivity (Wildman–Crippen MR) is 78.2 cm³/mol. The first-order chi connectivity index (χ1) is 9.56. The van der Waals surface area contributed by atoms with Crippen molar-refractivity contribution >= 4 is 23.3 Å². The lowest BCUT2D eigenvalue weighted by atomic mass is 10.1. The Hall–Kier alpha value is -1.46. The van der Waals surface area contributed by atoms with Crippen molar-refractivity contribution in [3.8, 4) is 0 Å². The molecule has 2 unspecified atom stereocenters. The van der Waals surface area contributed by atoms with E-state index in [-0.39, 0.29) is 12.1 Å². The Morgan fingerprint density at radius 1 is 1.45 bits per heavy atom. The zero-order valence-corrected chi connectivity index (χ0v) is 12.1. The van der Waals surface area contributed by atoms with E-state index in [1.807, 2.05) is 23.1 Å². The normalized spacial score (nSPS) is 23.6. The zero-order chi connectivity index (χ0) is 14.3. The van der Waals surface area contributed by atoms with Gasteiger partial charge in [-0.2, -0.15) is 0 Å². The second kappa shape index (κ2) is 5.14. The van der Waals surface area contributed by atoms with Crippen LogP contribution in [0.25, 0.3) is 0 Å². The van der Waals surface area contributed by atoms with E-state index in [9.17, 15) is 9.90 Å². The standard InChI is InChI=1S/C14H18ClN3O2/c1-9(19)12-3-2-10(6-13(12)15)17-4-5-18-11(8-17)7-16-14(18)20/h2-3,6,9,11,19H,4-5,7-8H2,1H3,(H,16,20). The fraction of sp³-hybridized carbons (Fsp3) is 0.500. The number of aliphatic hydroxyl groups is 1. The lowest BCUT2D eigenvalue weighted by molar-refractivity contribution is 0.197. The van der Waals surface area contributed by atoms with Crippen molar-refractivity contribution in [3.05, 3.63) is 28.8 Å². The molecule has 1 aromatic rings. The summed E-state index contributed by atoms with van der Waals surface area (Å²) in [6.07, 6.45) is -0.565. The minimum absolute atomic E-state index is 0.0390. The monoisotopic (exact) mass is 295 g/mol. The first kappa shape index (κ1) is 13.5. The molecule has 0 aromatic heterocycles. The van der Waals surface area contributed by atoms with Crippen LogP contribution in [0.15, 0.2) is 18.2 Å². The highest BCUT2D eigenvalue weighted by Gasteiger charge is 2.35. The molecular formula is C14H18ClN3O2. The minimum Gasteiger partial charge on any atom is -0.389 e. The number of urea groups is 1. The van der Waals surface area contributed by atoms with Gasteiger partial charge in [0.15, 0.2) is 0 Å². The minimum atomic E-state index is -0.565. The summed E-state index contributed by atoms with van der Waals surface area (Å²) < 4.78 is 0. The first-order valence-corrected chi connectivity index (χ1v) is 7.21. The van der Waals surface area contributed by atoms with Crippen molar-refractivity contribution in [1.82, 2.24) is 10.2 Å². The smallest absolute Gasteiger partial charge is 0.317 e. The number of fused-ring (bicyclic) bond motifs is 1. The van der Waals surface area contributed by atoms with Crippen LogP contribution >= 0.6 is 11.6 Å². The summed E-state index contributed by atoms with van der Waals surface area (Å²) in [5.74, 6) is 0. The van der Waals surface area contributed by atoms with Crippen molar-refractivity contribution in [2.24, 2.45) is 0 Å². The summed E-state index contributed by atoms with van der Waals surface area (Å²) >= 11 is 6.21. The van der Waals surface area contributed by atoms with E-state index < -0.39 is 6.10 Å². The number of benzene rings is 1. The van der Waals surface area contributed by atoms with E-state index in [2.05, 4.69) is 10.2 Å². The number of nitrogens with one attached hydrogen (secondary N) is 1. The largest absolute Gasteiger partial charge is 0.389 e. The third kappa shape index (κ3) is 2.31. The van der Waals surface area contributed by atoms with Crippen LogP contribution in [0.1, 0.15) is 18.6 Å². The van der Waals surface area contributed by atoms with E-state index >= 15 is 0 Å². The molecule has 6 heteroatoms. The fourth-order valence-corrected chi connectivity index (χ4v) is 3.22. The number of aliphatic hydroxyl groups excluding tert-OH is 1.